The van der Waals surface area contributed by atoms with Crippen LogP contribution in [0.4, 0.5) is 5.69 Å². The lowest BCUT2D eigenvalue weighted by molar-refractivity contribution is -0.141. The number of pyridine rings is 1. The van der Waals surface area contributed by atoms with Crippen molar-refractivity contribution in [2.75, 3.05) is 165 Å². The number of ether oxygens (including phenoxy) is 10. The fourth-order valence-corrected chi connectivity index (χ4v) is 6.53. The van der Waals surface area contributed by atoms with Crippen molar-refractivity contribution in [2.45, 2.75) is 39.5 Å². The number of aliphatic imine (C=N–C) groups is 1. The van der Waals surface area contributed by atoms with E-state index in [0.29, 0.717) is 155 Å². The summed E-state index contributed by atoms with van der Waals surface area (Å²) in [5.41, 5.74) is 8.32. The Hall–Kier alpha value is -5.67. The summed E-state index contributed by atoms with van der Waals surface area (Å²) in [6.45, 7) is 13.1. The Balaban J connectivity index is 1.02. The lowest BCUT2D eigenvalue weighted by atomic mass is 10.1. The molecule has 24 heteroatoms. The molecule has 3 rings (SSSR count). The first-order chi connectivity index (χ1) is 36.0. The van der Waals surface area contributed by atoms with Gasteiger partial charge in [-0.1, -0.05) is 13.8 Å². The molecule has 2 aliphatic heterocycles. The number of aromatic nitrogens is 1. The highest BCUT2D eigenvalue weighted by Gasteiger charge is 2.25. The van der Waals surface area contributed by atoms with Crippen LogP contribution in [0.1, 0.15) is 50.8 Å². The second-order valence-corrected chi connectivity index (χ2v) is 16.2. The van der Waals surface area contributed by atoms with E-state index in [-0.39, 0.29) is 74.8 Å². The van der Waals surface area contributed by atoms with Gasteiger partial charge in [0.25, 0.3) is 11.8 Å². The van der Waals surface area contributed by atoms with Crippen molar-refractivity contribution in [1.82, 2.24) is 25.4 Å². The average Bonchev–Trinajstić information content (AvgIpc) is 3.59. The number of hydrogen-bond acceptors (Lipinski definition) is 20. The summed E-state index contributed by atoms with van der Waals surface area (Å²) in [4.78, 5) is 71.9. The molecule has 0 saturated heterocycles. The Kier molecular flexibility index (Phi) is 33.6. The number of nitrogens with one attached hydrogen (secondary N) is 4. The van der Waals surface area contributed by atoms with Gasteiger partial charge in [-0.05, 0) is 37.1 Å². The number of hydrogen-bond donors (Lipinski definition) is 5. The molecule has 74 heavy (non-hydrogen) atoms. The van der Waals surface area contributed by atoms with Crippen molar-refractivity contribution in [3.63, 3.8) is 0 Å². The van der Waals surface area contributed by atoms with Crippen LogP contribution in [0.3, 0.4) is 0 Å². The largest absolute Gasteiger partial charge is 0.387 e. The summed E-state index contributed by atoms with van der Waals surface area (Å²) in [6.07, 6.45) is 10.4. The first kappa shape index (κ1) is 62.6. The molecule has 6 N–H and O–H groups in total. The summed E-state index contributed by atoms with van der Waals surface area (Å²) in [5.74, 6) is -1.51. The van der Waals surface area contributed by atoms with E-state index in [1.54, 1.807) is 12.1 Å². The number of carbonyl (C=O) groups excluding carboxylic acids is 5. The van der Waals surface area contributed by atoms with Gasteiger partial charge in [-0.3, -0.25) is 33.9 Å². The maximum absolute atomic E-state index is 13.2. The van der Waals surface area contributed by atoms with Gasteiger partial charge >= 0.3 is 0 Å². The number of fused-ring (bicyclic) bond motifs is 1. The fraction of sp³-hybridized carbons (Fsp3) is 0.620. The molecule has 0 aliphatic carbocycles. The topological polar surface area (TPSA) is 307 Å². The molecular formula is C50H77N9O15. The molecule has 0 atom stereocenters. The van der Waals surface area contributed by atoms with Crippen LogP contribution >= 0.6 is 0 Å². The molecule has 5 amide bonds. The minimum absolute atomic E-state index is 0.0108. The number of carbonyl (C=O) groups is 5. The van der Waals surface area contributed by atoms with Gasteiger partial charge in [-0.2, -0.15) is 0 Å². The highest BCUT2D eigenvalue weighted by atomic mass is 16.6. The standard InChI is InChI=1S/C50H77N9O15/c1-3-11-58(12-4-2)50(64)39-33-43-44(57-45(53)35-39)34-40(36-55-43)42(52)6-5-41(51)37-56-46(60)9-13-65-15-17-67-19-21-69-23-25-71-27-29-73-31-32-74-30-28-72-26-24-70-22-20-68-18-16-66-14-10-54-47(61)38-59-48(62)7-8-49(59)63/h5-8,33-34,36,51-52H,3-4,9-32,35,37-38H2,1-2H3,(H2,53,57)(H,54,61)(H,56,60)/b6-5-,51-41?,52-42?. The van der Waals surface area contributed by atoms with Gasteiger partial charge in [0.05, 0.1) is 161 Å². The maximum Gasteiger partial charge on any atom is 0.254 e. The van der Waals surface area contributed by atoms with Crippen molar-refractivity contribution in [1.29, 1.82) is 10.8 Å². The van der Waals surface area contributed by atoms with Crippen molar-refractivity contribution >= 4 is 58.6 Å². The number of amidine groups is 1. The summed E-state index contributed by atoms with van der Waals surface area (Å²) >= 11 is 0. The molecule has 0 spiro atoms. The van der Waals surface area contributed by atoms with E-state index >= 15 is 0 Å². The first-order valence-electron chi connectivity index (χ1n) is 25.0. The number of amides is 5. The lowest BCUT2D eigenvalue weighted by Gasteiger charge is -2.22. The summed E-state index contributed by atoms with van der Waals surface area (Å²) in [5, 5.41) is 22.0. The summed E-state index contributed by atoms with van der Waals surface area (Å²) in [6, 6.07) is 1.68. The predicted octanol–water partition coefficient (Wildman–Crippen LogP) is 1.16. The van der Waals surface area contributed by atoms with E-state index in [0.717, 1.165) is 29.9 Å². The molecule has 3 heterocycles. The van der Waals surface area contributed by atoms with Crippen LogP contribution in [0.2, 0.25) is 0 Å². The van der Waals surface area contributed by atoms with Crippen molar-refractivity contribution in [2.24, 2.45) is 10.7 Å². The van der Waals surface area contributed by atoms with Gasteiger partial charge in [0.15, 0.2) is 0 Å². The highest BCUT2D eigenvalue weighted by molar-refractivity contribution is 6.14. The molecule has 0 radical (unpaired) electrons. The highest BCUT2D eigenvalue weighted by Crippen LogP contribution is 2.27. The Labute approximate surface area is 433 Å². The van der Waals surface area contributed by atoms with E-state index in [2.05, 4.69) is 20.6 Å². The third-order valence-electron chi connectivity index (χ3n) is 10.2. The Morgan fingerprint density at radius 1 is 0.662 bits per heavy atom. The maximum atomic E-state index is 13.2. The summed E-state index contributed by atoms with van der Waals surface area (Å²) in [7, 11) is 0. The van der Waals surface area contributed by atoms with Gasteiger partial charge in [0, 0.05) is 62.0 Å². The number of nitrogens with zero attached hydrogens (tertiary/aromatic N) is 4. The van der Waals surface area contributed by atoms with Gasteiger partial charge in [0.1, 0.15) is 12.4 Å². The third kappa shape index (κ3) is 28.1. The zero-order chi connectivity index (χ0) is 53.4. The first-order valence-corrected chi connectivity index (χ1v) is 25.0. The molecule has 0 saturated carbocycles. The number of allylic oxidation sites excluding steroid dienone is 1. The molecule has 0 unspecified atom stereocenters. The van der Waals surface area contributed by atoms with Crippen molar-refractivity contribution in [3.05, 3.63) is 53.4 Å². The molecule has 0 aromatic carbocycles. The molecule has 1 aromatic heterocycles. The SMILES string of the molecule is CCCN(CCC)C(=O)C1=Cc2ncc(C(=N)/C=C\C(=N)CNC(=O)CCOCCOCCOCCOCCOCCOCCOCCOCCOCCOCCNC(=O)CN3C(=O)C=CC3=O)cc2N=C(N)C1. The second kappa shape index (κ2) is 39.7. The Morgan fingerprint density at radius 3 is 1.59 bits per heavy atom. The van der Waals surface area contributed by atoms with Gasteiger partial charge in [-0.15, -0.1) is 0 Å². The molecule has 0 bridgehead atoms. The predicted molar refractivity (Wildman–Crippen MR) is 274 cm³/mol. The number of nitrogens with two attached hydrogens (primary N) is 1. The van der Waals surface area contributed by atoms with Crippen LogP contribution in [0.15, 0.2) is 47.1 Å². The van der Waals surface area contributed by atoms with Crippen molar-refractivity contribution < 1.29 is 71.3 Å². The molecule has 2 aliphatic rings. The van der Waals surface area contributed by atoms with Crippen LogP contribution < -0.4 is 16.4 Å². The molecule has 412 valence electrons. The van der Waals surface area contributed by atoms with Crippen molar-refractivity contribution in [3.8, 4) is 0 Å². The van der Waals surface area contributed by atoms with E-state index in [1.165, 1.54) is 18.3 Å². The Morgan fingerprint density at radius 2 is 1.12 bits per heavy atom. The summed E-state index contributed by atoms with van der Waals surface area (Å²) < 4.78 is 54.7. The number of rotatable bonds is 45. The van der Waals surface area contributed by atoms with Crippen LogP contribution in [-0.4, -0.2) is 226 Å². The molecule has 0 fully saturated rings. The van der Waals surface area contributed by atoms with E-state index in [4.69, 9.17) is 63.9 Å². The van der Waals surface area contributed by atoms with Crippen LogP contribution in [0.25, 0.3) is 6.08 Å². The Bertz CT molecular complexity index is 1990. The van der Waals surface area contributed by atoms with Crippen LogP contribution in [0, 0.1) is 10.8 Å². The zero-order valence-corrected chi connectivity index (χ0v) is 43.0. The minimum Gasteiger partial charge on any atom is -0.387 e. The molecule has 24 nitrogen and oxygen atoms in total. The van der Waals surface area contributed by atoms with Gasteiger partial charge in [0.2, 0.25) is 17.7 Å². The van der Waals surface area contributed by atoms with E-state index < -0.39 is 17.7 Å². The van der Waals surface area contributed by atoms with E-state index in [9.17, 15) is 24.0 Å². The van der Waals surface area contributed by atoms with Gasteiger partial charge < -0.3 is 79.5 Å². The second-order valence-electron chi connectivity index (χ2n) is 16.2. The number of imide groups is 1. The fourth-order valence-electron chi connectivity index (χ4n) is 6.53. The third-order valence-corrected chi connectivity index (χ3v) is 10.2. The van der Waals surface area contributed by atoms with Crippen LogP contribution in [-0.2, 0) is 71.3 Å². The minimum atomic E-state index is -0.501. The quantitative estimate of drug-likeness (QED) is 0.0348. The van der Waals surface area contributed by atoms with Gasteiger partial charge in [-0.25, -0.2) is 4.99 Å². The lowest BCUT2D eigenvalue weighted by Crippen LogP contribution is -2.41. The average molecular weight is 1040 g/mol. The van der Waals surface area contributed by atoms with Crippen LogP contribution in [0.5, 0.6) is 0 Å². The molecule has 1 aromatic rings. The van der Waals surface area contributed by atoms with E-state index in [1.807, 2.05) is 18.7 Å². The monoisotopic (exact) mass is 1040 g/mol. The zero-order valence-electron chi connectivity index (χ0n) is 43.0. The molecular weight excluding hydrogens is 967 g/mol. The smallest absolute Gasteiger partial charge is 0.254 e. The normalized spacial score (nSPS) is 13.2.